The first-order valence-electron chi connectivity index (χ1n) is 4.95. The Labute approximate surface area is 102 Å². The number of fused-ring (bicyclic) bond motifs is 1. The van der Waals surface area contributed by atoms with Crippen LogP contribution in [0.4, 0.5) is 0 Å². The Morgan fingerprint density at radius 1 is 0.938 bits per heavy atom. The smallest absolute Gasteiger partial charge is 0.184 e. The molecule has 3 aromatic rings. The van der Waals surface area contributed by atoms with Crippen molar-refractivity contribution >= 4 is 33.2 Å². The second kappa shape index (κ2) is 3.89. The minimum absolute atomic E-state index is 0.596. The van der Waals surface area contributed by atoms with E-state index in [1.165, 1.54) is 16.9 Å². The zero-order valence-corrected chi connectivity index (χ0v) is 9.92. The summed E-state index contributed by atoms with van der Waals surface area (Å²) >= 11 is 7.47. The van der Waals surface area contributed by atoms with Crippen molar-refractivity contribution in [1.29, 1.82) is 0 Å². The van der Waals surface area contributed by atoms with E-state index in [9.17, 15) is 0 Å². The molecule has 1 nitrogen and oxygen atoms in total. The van der Waals surface area contributed by atoms with Gasteiger partial charge in [-0.25, -0.2) is 4.98 Å². The predicted molar refractivity (Wildman–Crippen MR) is 70.1 cm³/mol. The van der Waals surface area contributed by atoms with E-state index in [0.29, 0.717) is 4.47 Å². The van der Waals surface area contributed by atoms with Gasteiger partial charge in [-0.05, 0) is 11.6 Å². The molecule has 0 atom stereocenters. The number of rotatable bonds is 1. The van der Waals surface area contributed by atoms with Crippen molar-refractivity contribution in [2.45, 2.75) is 0 Å². The summed E-state index contributed by atoms with van der Waals surface area (Å²) in [5.41, 5.74) is 3.31. The van der Waals surface area contributed by atoms with Crippen LogP contribution in [0.1, 0.15) is 0 Å². The van der Waals surface area contributed by atoms with Gasteiger partial charge in [0.25, 0.3) is 0 Å². The molecule has 0 amide bonds. The maximum atomic E-state index is 5.95. The fourth-order valence-electron chi connectivity index (χ4n) is 1.77. The molecule has 1 heterocycles. The molecular weight excluding hydrogens is 238 g/mol. The minimum Gasteiger partial charge on any atom is -0.224 e. The summed E-state index contributed by atoms with van der Waals surface area (Å²) in [5, 5.41) is 0. The molecule has 1 aromatic heterocycles. The van der Waals surface area contributed by atoms with Crippen molar-refractivity contribution in [2.75, 3.05) is 0 Å². The Kier molecular flexibility index (Phi) is 2.39. The molecule has 16 heavy (non-hydrogen) atoms. The average Bonchev–Trinajstić information content (AvgIpc) is 2.70. The van der Waals surface area contributed by atoms with Crippen molar-refractivity contribution in [2.24, 2.45) is 0 Å². The summed E-state index contributed by atoms with van der Waals surface area (Å²) in [5.74, 6) is 0. The number of thiazole rings is 1. The standard InChI is InChI=1S/C13H8ClNS/c14-13-15-12-10(7-4-8-11(12)16-13)9-5-2-1-3-6-9/h1-8H. The van der Waals surface area contributed by atoms with Gasteiger partial charge >= 0.3 is 0 Å². The molecular formula is C13H8ClNS. The van der Waals surface area contributed by atoms with Gasteiger partial charge in [0, 0.05) is 5.56 Å². The van der Waals surface area contributed by atoms with Crippen molar-refractivity contribution in [1.82, 2.24) is 4.98 Å². The largest absolute Gasteiger partial charge is 0.224 e. The second-order valence-electron chi connectivity index (χ2n) is 3.49. The van der Waals surface area contributed by atoms with Crippen LogP contribution in [0.15, 0.2) is 48.5 Å². The third-order valence-corrected chi connectivity index (χ3v) is 3.60. The Balaban J connectivity index is 2.31. The summed E-state index contributed by atoms with van der Waals surface area (Å²) in [6.07, 6.45) is 0. The van der Waals surface area contributed by atoms with E-state index in [0.717, 1.165) is 15.8 Å². The first kappa shape index (κ1) is 9.82. The zero-order valence-electron chi connectivity index (χ0n) is 8.35. The van der Waals surface area contributed by atoms with Crippen LogP contribution in [0.25, 0.3) is 21.3 Å². The van der Waals surface area contributed by atoms with E-state index in [2.05, 4.69) is 23.2 Å². The molecule has 0 aliphatic heterocycles. The Bertz CT molecular complexity index is 631. The summed E-state index contributed by atoms with van der Waals surface area (Å²) in [6, 6.07) is 16.4. The number of hydrogen-bond donors (Lipinski definition) is 0. The Morgan fingerprint density at radius 3 is 2.56 bits per heavy atom. The van der Waals surface area contributed by atoms with E-state index in [1.807, 2.05) is 30.3 Å². The van der Waals surface area contributed by atoms with Gasteiger partial charge in [0.2, 0.25) is 0 Å². The Hall–Kier alpha value is -1.38. The van der Waals surface area contributed by atoms with Gasteiger partial charge in [0.05, 0.1) is 10.2 Å². The van der Waals surface area contributed by atoms with Gasteiger partial charge in [-0.1, -0.05) is 54.1 Å². The number of aromatic nitrogens is 1. The molecule has 0 spiro atoms. The SMILES string of the molecule is Clc1nc2c(-c3ccccc3)cccc2s1. The molecule has 3 rings (SSSR count). The summed E-state index contributed by atoms with van der Waals surface area (Å²) in [4.78, 5) is 4.37. The maximum absolute atomic E-state index is 5.95. The quantitative estimate of drug-likeness (QED) is 0.610. The number of benzene rings is 2. The van der Waals surface area contributed by atoms with Gasteiger partial charge in [-0.3, -0.25) is 0 Å². The van der Waals surface area contributed by atoms with E-state index >= 15 is 0 Å². The zero-order chi connectivity index (χ0) is 11.0. The van der Waals surface area contributed by atoms with E-state index in [-0.39, 0.29) is 0 Å². The highest BCUT2D eigenvalue weighted by atomic mass is 35.5. The summed E-state index contributed by atoms with van der Waals surface area (Å²) in [7, 11) is 0. The van der Waals surface area contributed by atoms with Gasteiger partial charge < -0.3 is 0 Å². The fraction of sp³-hybridized carbons (Fsp3) is 0. The molecule has 0 radical (unpaired) electrons. The van der Waals surface area contributed by atoms with Crippen LogP contribution in [-0.4, -0.2) is 4.98 Å². The third kappa shape index (κ3) is 1.60. The molecule has 0 aliphatic carbocycles. The number of hydrogen-bond acceptors (Lipinski definition) is 2. The summed E-state index contributed by atoms with van der Waals surface area (Å²) < 4.78 is 1.73. The molecule has 0 unspecified atom stereocenters. The maximum Gasteiger partial charge on any atom is 0.184 e. The van der Waals surface area contributed by atoms with Crippen molar-refractivity contribution in [3.8, 4) is 11.1 Å². The summed E-state index contributed by atoms with van der Waals surface area (Å²) in [6.45, 7) is 0. The lowest BCUT2D eigenvalue weighted by atomic mass is 10.1. The average molecular weight is 246 g/mol. The highest BCUT2D eigenvalue weighted by molar-refractivity contribution is 7.22. The lowest BCUT2D eigenvalue weighted by Gasteiger charge is -2.01. The predicted octanol–water partition coefficient (Wildman–Crippen LogP) is 4.62. The van der Waals surface area contributed by atoms with Crippen molar-refractivity contribution < 1.29 is 0 Å². The van der Waals surface area contributed by atoms with Gasteiger partial charge in [-0.15, -0.1) is 11.3 Å². The van der Waals surface area contributed by atoms with Gasteiger partial charge in [0.1, 0.15) is 0 Å². The molecule has 0 aliphatic rings. The van der Waals surface area contributed by atoms with Crippen LogP contribution in [-0.2, 0) is 0 Å². The second-order valence-corrected chi connectivity index (χ2v) is 5.10. The van der Waals surface area contributed by atoms with Crippen LogP contribution < -0.4 is 0 Å². The highest BCUT2D eigenvalue weighted by Crippen LogP contribution is 2.33. The number of halogens is 1. The third-order valence-electron chi connectivity index (χ3n) is 2.48. The molecule has 0 bridgehead atoms. The molecule has 0 saturated heterocycles. The van der Waals surface area contributed by atoms with E-state index in [4.69, 9.17) is 11.6 Å². The topological polar surface area (TPSA) is 12.9 Å². The molecule has 78 valence electrons. The number of para-hydroxylation sites is 1. The van der Waals surface area contributed by atoms with Crippen LogP contribution in [0, 0.1) is 0 Å². The number of nitrogens with zero attached hydrogens (tertiary/aromatic N) is 1. The minimum atomic E-state index is 0.596. The Morgan fingerprint density at radius 2 is 1.75 bits per heavy atom. The monoisotopic (exact) mass is 245 g/mol. The molecule has 0 N–H and O–H groups in total. The highest BCUT2D eigenvalue weighted by Gasteiger charge is 2.07. The fourth-order valence-corrected chi connectivity index (χ4v) is 2.82. The van der Waals surface area contributed by atoms with Crippen LogP contribution in [0.5, 0.6) is 0 Å². The van der Waals surface area contributed by atoms with Crippen LogP contribution in [0.2, 0.25) is 4.47 Å². The molecule has 2 aromatic carbocycles. The lowest BCUT2D eigenvalue weighted by molar-refractivity contribution is 1.49. The normalized spacial score (nSPS) is 10.8. The first-order valence-corrected chi connectivity index (χ1v) is 6.14. The van der Waals surface area contributed by atoms with Crippen molar-refractivity contribution in [3.05, 3.63) is 53.0 Å². The first-order chi connectivity index (χ1) is 7.84. The van der Waals surface area contributed by atoms with E-state index in [1.54, 1.807) is 0 Å². The van der Waals surface area contributed by atoms with E-state index < -0.39 is 0 Å². The molecule has 0 saturated carbocycles. The molecule has 0 fully saturated rings. The molecule has 3 heteroatoms. The van der Waals surface area contributed by atoms with Crippen LogP contribution in [0.3, 0.4) is 0 Å². The lowest BCUT2D eigenvalue weighted by Crippen LogP contribution is -1.79. The van der Waals surface area contributed by atoms with Gasteiger partial charge in [0.15, 0.2) is 4.47 Å². The van der Waals surface area contributed by atoms with Crippen molar-refractivity contribution in [3.63, 3.8) is 0 Å². The van der Waals surface area contributed by atoms with Crippen LogP contribution >= 0.6 is 22.9 Å². The van der Waals surface area contributed by atoms with Gasteiger partial charge in [-0.2, -0.15) is 0 Å².